The number of hydrogen-bond acceptors (Lipinski definition) is 4. The van der Waals surface area contributed by atoms with Gasteiger partial charge in [-0.25, -0.2) is 4.98 Å². The third-order valence-corrected chi connectivity index (χ3v) is 5.67. The average Bonchev–Trinajstić information content (AvgIpc) is 3.18. The van der Waals surface area contributed by atoms with Gasteiger partial charge in [-0.3, -0.25) is 4.79 Å². The number of imidazole rings is 1. The van der Waals surface area contributed by atoms with Gasteiger partial charge in [0.25, 0.3) is 5.91 Å². The summed E-state index contributed by atoms with van der Waals surface area (Å²) in [5.74, 6) is 2.03. The molecule has 1 amide bonds. The van der Waals surface area contributed by atoms with Gasteiger partial charge in [-0.2, -0.15) is 0 Å². The molecule has 3 aromatic carbocycles. The number of carbonyl (C=O) groups excluding carboxylic acids is 1. The molecule has 0 fully saturated rings. The molecule has 0 saturated carbocycles. The molecule has 0 aliphatic rings. The van der Waals surface area contributed by atoms with Crippen molar-refractivity contribution in [3.63, 3.8) is 0 Å². The summed E-state index contributed by atoms with van der Waals surface area (Å²) >= 11 is 0. The SMILES string of the molecule is COc1ccc(C(=O)NCCCc2nc3ccccc3n2Cc2cccc(C)c2)cc1OC. The van der Waals surface area contributed by atoms with Crippen molar-refractivity contribution in [2.75, 3.05) is 20.8 Å². The van der Waals surface area contributed by atoms with Crippen LogP contribution < -0.4 is 14.8 Å². The maximum absolute atomic E-state index is 12.6. The van der Waals surface area contributed by atoms with E-state index < -0.39 is 0 Å². The van der Waals surface area contributed by atoms with Crippen molar-refractivity contribution in [1.82, 2.24) is 14.9 Å². The summed E-state index contributed by atoms with van der Waals surface area (Å²) in [4.78, 5) is 17.4. The fourth-order valence-electron chi connectivity index (χ4n) is 4.01. The van der Waals surface area contributed by atoms with Gasteiger partial charge in [0.1, 0.15) is 5.82 Å². The summed E-state index contributed by atoms with van der Waals surface area (Å²) in [7, 11) is 3.13. The van der Waals surface area contributed by atoms with E-state index in [9.17, 15) is 4.79 Å². The zero-order chi connectivity index (χ0) is 23.2. The Kier molecular flexibility index (Phi) is 6.93. The van der Waals surface area contributed by atoms with Crippen LogP contribution in [-0.2, 0) is 13.0 Å². The number of aryl methyl sites for hydroxylation is 2. The van der Waals surface area contributed by atoms with E-state index in [0.717, 1.165) is 36.2 Å². The third-order valence-electron chi connectivity index (χ3n) is 5.67. The molecule has 170 valence electrons. The lowest BCUT2D eigenvalue weighted by Gasteiger charge is -2.11. The van der Waals surface area contributed by atoms with E-state index in [1.165, 1.54) is 11.1 Å². The number of fused-ring (bicyclic) bond motifs is 1. The second-order valence-electron chi connectivity index (χ2n) is 8.02. The van der Waals surface area contributed by atoms with Crippen LogP contribution in [0.25, 0.3) is 11.0 Å². The van der Waals surface area contributed by atoms with E-state index in [0.29, 0.717) is 23.6 Å². The molecule has 0 spiro atoms. The zero-order valence-corrected chi connectivity index (χ0v) is 19.3. The number of carbonyl (C=O) groups is 1. The first-order chi connectivity index (χ1) is 16.1. The summed E-state index contributed by atoms with van der Waals surface area (Å²) in [6.07, 6.45) is 1.56. The van der Waals surface area contributed by atoms with E-state index in [1.807, 2.05) is 18.2 Å². The standard InChI is InChI=1S/C27H29N3O3/c1-19-8-6-9-20(16-19)18-30-23-11-5-4-10-22(23)29-26(30)12-7-15-28-27(31)21-13-14-24(32-2)25(17-21)33-3/h4-6,8-11,13-14,16-17H,7,12,15,18H2,1-3H3,(H,28,31). The molecular formula is C27H29N3O3. The first-order valence-electron chi connectivity index (χ1n) is 11.1. The van der Waals surface area contributed by atoms with E-state index in [4.69, 9.17) is 14.5 Å². The third kappa shape index (κ3) is 5.17. The van der Waals surface area contributed by atoms with Crippen molar-refractivity contribution < 1.29 is 14.3 Å². The van der Waals surface area contributed by atoms with E-state index >= 15 is 0 Å². The van der Waals surface area contributed by atoms with Crippen molar-refractivity contribution in [3.05, 3.63) is 89.2 Å². The number of amides is 1. The lowest BCUT2D eigenvalue weighted by atomic mass is 10.1. The Balaban J connectivity index is 1.43. The molecule has 0 radical (unpaired) electrons. The molecule has 0 bridgehead atoms. The number of methoxy groups -OCH3 is 2. The Morgan fingerprint density at radius 3 is 2.58 bits per heavy atom. The molecule has 0 aliphatic heterocycles. The van der Waals surface area contributed by atoms with Crippen LogP contribution in [0.4, 0.5) is 0 Å². The van der Waals surface area contributed by atoms with Crippen LogP contribution in [0, 0.1) is 6.92 Å². The summed E-state index contributed by atoms with van der Waals surface area (Å²) in [5, 5.41) is 3.00. The molecule has 0 unspecified atom stereocenters. The minimum absolute atomic E-state index is 0.135. The lowest BCUT2D eigenvalue weighted by Crippen LogP contribution is -2.25. The van der Waals surface area contributed by atoms with Gasteiger partial charge >= 0.3 is 0 Å². The fourth-order valence-corrected chi connectivity index (χ4v) is 4.01. The quantitative estimate of drug-likeness (QED) is 0.378. The number of nitrogens with one attached hydrogen (secondary N) is 1. The number of hydrogen-bond donors (Lipinski definition) is 1. The van der Waals surface area contributed by atoms with Crippen molar-refractivity contribution in [2.24, 2.45) is 0 Å². The molecule has 0 saturated heterocycles. The normalized spacial score (nSPS) is 10.9. The van der Waals surface area contributed by atoms with Crippen molar-refractivity contribution >= 4 is 16.9 Å². The number of para-hydroxylation sites is 2. The predicted molar refractivity (Wildman–Crippen MR) is 130 cm³/mol. The average molecular weight is 444 g/mol. The van der Waals surface area contributed by atoms with Crippen LogP contribution in [0.2, 0.25) is 0 Å². The van der Waals surface area contributed by atoms with Crippen LogP contribution >= 0.6 is 0 Å². The molecule has 33 heavy (non-hydrogen) atoms. The minimum Gasteiger partial charge on any atom is -0.493 e. The Labute approximate surface area is 194 Å². The van der Waals surface area contributed by atoms with Crippen LogP contribution in [0.15, 0.2) is 66.7 Å². The highest BCUT2D eigenvalue weighted by Gasteiger charge is 2.13. The highest BCUT2D eigenvalue weighted by molar-refractivity contribution is 5.94. The Morgan fingerprint density at radius 2 is 1.79 bits per heavy atom. The maximum Gasteiger partial charge on any atom is 0.251 e. The molecule has 4 aromatic rings. The molecule has 4 rings (SSSR count). The highest BCUT2D eigenvalue weighted by atomic mass is 16.5. The molecule has 6 heteroatoms. The molecule has 1 N–H and O–H groups in total. The molecule has 0 aliphatic carbocycles. The molecule has 1 heterocycles. The molecule has 0 atom stereocenters. The Hall–Kier alpha value is -3.80. The van der Waals surface area contributed by atoms with E-state index in [1.54, 1.807) is 32.4 Å². The van der Waals surface area contributed by atoms with Crippen LogP contribution in [0.1, 0.15) is 33.7 Å². The monoisotopic (exact) mass is 443 g/mol. The largest absolute Gasteiger partial charge is 0.493 e. The molecular weight excluding hydrogens is 414 g/mol. The van der Waals surface area contributed by atoms with Gasteiger partial charge in [0, 0.05) is 25.1 Å². The molecule has 1 aromatic heterocycles. The highest BCUT2D eigenvalue weighted by Crippen LogP contribution is 2.27. The molecule has 6 nitrogen and oxygen atoms in total. The predicted octanol–water partition coefficient (Wildman–Crippen LogP) is 4.77. The van der Waals surface area contributed by atoms with E-state index in [-0.39, 0.29) is 5.91 Å². The van der Waals surface area contributed by atoms with Gasteiger partial charge in [0.05, 0.1) is 25.3 Å². The van der Waals surface area contributed by atoms with Crippen LogP contribution in [0.3, 0.4) is 0 Å². The van der Waals surface area contributed by atoms with Gasteiger partial charge in [0.15, 0.2) is 11.5 Å². The number of ether oxygens (including phenoxy) is 2. The van der Waals surface area contributed by atoms with Gasteiger partial charge < -0.3 is 19.4 Å². The lowest BCUT2D eigenvalue weighted by molar-refractivity contribution is 0.0952. The van der Waals surface area contributed by atoms with Gasteiger partial charge in [0.2, 0.25) is 0 Å². The fraction of sp³-hybridized carbons (Fsp3) is 0.259. The number of aromatic nitrogens is 2. The van der Waals surface area contributed by atoms with Crippen LogP contribution in [0.5, 0.6) is 11.5 Å². The van der Waals surface area contributed by atoms with Crippen LogP contribution in [-0.4, -0.2) is 36.2 Å². The van der Waals surface area contributed by atoms with Crippen molar-refractivity contribution in [3.8, 4) is 11.5 Å². The zero-order valence-electron chi connectivity index (χ0n) is 19.3. The van der Waals surface area contributed by atoms with Crippen molar-refractivity contribution in [1.29, 1.82) is 0 Å². The number of rotatable bonds is 9. The first-order valence-corrected chi connectivity index (χ1v) is 11.1. The Bertz CT molecular complexity index is 1260. The summed E-state index contributed by atoms with van der Waals surface area (Å²) < 4.78 is 12.8. The maximum atomic E-state index is 12.6. The summed E-state index contributed by atoms with van der Waals surface area (Å²) in [6, 6.07) is 21.9. The summed E-state index contributed by atoms with van der Waals surface area (Å²) in [6.45, 7) is 3.44. The first kappa shape index (κ1) is 22.4. The Morgan fingerprint density at radius 1 is 0.970 bits per heavy atom. The van der Waals surface area contributed by atoms with Gasteiger partial charge in [-0.05, 0) is 49.2 Å². The minimum atomic E-state index is -0.135. The number of benzene rings is 3. The van der Waals surface area contributed by atoms with Gasteiger partial charge in [-0.1, -0.05) is 42.0 Å². The smallest absolute Gasteiger partial charge is 0.251 e. The number of nitrogens with zero attached hydrogens (tertiary/aromatic N) is 2. The van der Waals surface area contributed by atoms with Crippen molar-refractivity contribution in [2.45, 2.75) is 26.3 Å². The van der Waals surface area contributed by atoms with Gasteiger partial charge in [-0.15, -0.1) is 0 Å². The topological polar surface area (TPSA) is 65.4 Å². The second kappa shape index (κ2) is 10.2. The second-order valence-corrected chi connectivity index (χ2v) is 8.02. The summed E-state index contributed by atoms with van der Waals surface area (Å²) in [5.41, 5.74) is 5.16. The van der Waals surface area contributed by atoms with E-state index in [2.05, 4.69) is 47.1 Å².